The monoisotopic (exact) mass is 1170 g/mol. The lowest BCUT2D eigenvalue weighted by Gasteiger charge is -2.74. The zero-order valence-electron chi connectivity index (χ0n) is 47.7. The Morgan fingerprint density at radius 3 is 1.52 bits per heavy atom. The Morgan fingerprint density at radius 2 is 0.938 bits per heavy atom. The summed E-state index contributed by atoms with van der Waals surface area (Å²) in [5, 5.41) is 165. The lowest BCUT2D eigenvalue weighted by Crippen LogP contribution is -2.72. The average Bonchev–Trinajstić information content (AvgIpc) is 1.71. The topological polar surface area (TPSA) is 396 Å². The molecule has 25 nitrogen and oxygen atoms in total. The highest BCUT2D eigenvalue weighted by Crippen LogP contribution is 2.78. The first-order valence-electron chi connectivity index (χ1n) is 29.4. The molecular weight excluding hydrogens is 1070 g/mol. The van der Waals surface area contributed by atoms with E-state index in [1.54, 1.807) is 0 Å². The molecule has 468 valence electrons. The molecule has 5 saturated heterocycles. The summed E-state index contributed by atoms with van der Waals surface area (Å²) in [6.07, 6.45) is -29.9. The predicted molar refractivity (Wildman–Crippen MR) is 274 cm³/mol. The Balaban J connectivity index is 0.921. The standard InChI is InChI=1S/C56H94O25/c1-51(2)32(78-50-44(81-49-40(69)37(66)36(65)29(17-57)77-49)43(27(62)21-75-50)80-47-39(68)35(64)25(60)19-73-47)12-14-54(6)31-10-9-30-53(5)13-11-22(52(3,4)71)33(53)28(16-56(30,8)55(31,7)15-23(58)45(51)54)76-48-41(70)42(26(61)20-74-48)79-46-38(67)34(63)24(59)18-72-46/h22-50,57-71H,9-21H2,1-8H3/t22-,23-,24+,25+,26-,27-,28-,29+,30+,31+,32-,33+,34-,35-,36+,37-,38+,39+,40+,41+,42-,43-,44+,45-,46-,47-,48-,49-,50-,53+,54+,55+,56+/m0/s1. The summed E-state index contributed by atoms with van der Waals surface area (Å²) in [5.41, 5.74) is -3.84. The molecule has 5 aliphatic heterocycles. The van der Waals surface area contributed by atoms with Crippen LogP contribution < -0.4 is 0 Å². The molecule has 10 fully saturated rings. The van der Waals surface area contributed by atoms with E-state index in [9.17, 15) is 76.6 Å². The van der Waals surface area contributed by atoms with E-state index in [0.29, 0.717) is 32.1 Å². The summed E-state index contributed by atoms with van der Waals surface area (Å²) < 4.78 is 61.5. The summed E-state index contributed by atoms with van der Waals surface area (Å²) in [6.45, 7) is 14.6. The first-order chi connectivity index (χ1) is 37.8. The molecule has 0 unspecified atom stereocenters. The van der Waals surface area contributed by atoms with Gasteiger partial charge in [-0.1, -0.05) is 41.5 Å². The Morgan fingerprint density at radius 1 is 0.457 bits per heavy atom. The molecule has 10 aliphatic rings. The number of ether oxygens (including phenoxy) is 10. The second kappa shape index (κ2) is 22.9. The zero-order valence-corrected chi connectivity index (χ0v) is 47.7. The number of aliphatic hydroxyl groups excluding tert-OH is 14. The van der Waals surface area contributed by atoms with E-state index >= 15 is 0 Å². The molecule has 10 rings (SSSR count). The number of aliphatic hydroxyl groups is 15. The average molecular weight is 1170 g/mol. The first kappa shape index (κ1) is 63.0. The molecule has 25 heteroatoms. The van der Waals surface area contributed by atoms with Crippen LogP contribution in [0.1, 0.15) is 107 Å². The predicted octanol–water partition coefficient (Wildman–Crippen LogP) is -3.16. The Kier molecular flexibility index (Phi) is 17.8. The summed E-state index contributed by atoms with van der Waals surface area (Å²) in [6, 6.07) is 0. The van der Waals surface area contributed by atoms with E-state index < -0.39 is 195 Å². The van der Waals surface area contributed by atoms with E-state index in [-0.39, 0.29) is 48.2 Å². The van der Waals surface area contributed by atoms with Gasteiger partial charge in [-0.2, -0.15) is 0 Å². The second-order valence-electron chi connectivity index (χ2n) is 28.0. The van der Waals surface area contributed by atoms with Crippen molar-refractivity contribution in [1.29, 1.82) is 0 Å². The van der Waals surface area contributed by atoms with E-state index in [2.05, 4.69) is 27.7 Å². The maximum Gasteiger partial charge on any atom is 0.187 e. The molecule has 0 amide bonds. The van der Waals surface area contributed by atoms with Crippen LogP contribution in [0.25, 0.3) is 0 Å². The van der Waals surface area contributed by atoms with Gasteiger partial charge in [0.15, 0.2) is 31.5 Å². The van der Waals surface area contributed by atoms with Crippen molar-refractivity contribution in [2.24, 2.45) is 56.7 Å². The first-order valence-corrected chi connectivity index (χ1v) is 29.4. The van der Waals surface area contributed by atoms with Crippen LogP contribution in [0.2, 0.25) is 0 Å². The van der Waals surface area contributed by atoms with Crippen LogP contribution in [0.3, 0.4) is 0 Å². The molecule has 0 aromatic heterocycles. The van der Waals surface area contributed by atoms with Gasteiger partial charge in [-0.25, -0.2) is 0 Å². The van der Waals surface area contributed by atoms with Crippen LogP contribution in [0.15, 0.2) is 0 Å². The fourth-order valence-electron chi connectivity index (χ4n) is 18.6. The molecule has 0 aromatic carbocycles. The van der Waals surface area contributed by atoms with Crippen LogP contribution in [0.5, 0.6) is 0 Å². The van der Waals surface area contributed by atoms with Gasteiger partial charge in [0, 0.05) is 0 Å². The molecule has 5 heterocycles. The van der Waals surface area contributed by atoms with Crippen molar-refractivity contribution >= 4 is 0 Å². The maximum absolute atomic E-state index is 13.1. The van der Waals surface area contributed by atoms with E-state index in [0.717, 1.165) is 19.3 Å². The largest absolute Gasteiger partial charge is 0.394 e. The normalized spacial score (nSPS) is 56.7. The van der Waals surface area contributed by atoms with E-state index in [4.69, 9.17) is 47.4 Å². The molecular formula is C56H94O25. The van der Waals surface area contributed by atoms with Crippen molar-refractivity contribution in [1.82, 2.24) is 0 Å². The fraction of sp³-hybridized carbons (Fsp3) is 1.00. The third kappa shape index (κ3) is 10.5. The van der Waals surface area contributed by atoms with E-state index in [1.807, 2.05) is 27.7 Å². The van der Waals surface area contributed by atoms with Crippen molar-refractivity contribution in [3.8, 4) is 0 Å². The van der Waals surface area contributed by atoms with Crippen molar-refractivity contribution in [3.63, 3.8) is 0 Å². The third-order valence-electron chi connectivity index (χ3n) is 22.7. The molecule has 81 heavy (non-hydrogen) atoms. The van der Waals surface area contributed by atoms with Gasteiger partial charge in [0.2, 0.25) is 0 Å². The summed E-state index contributed by atoms with van der Waals surface area (Å²) in [4.78, 5) is 0. The van der Waals surface area contributed by atoms with Crippen LogP contribution >= 0.6 is 0 Å². The van der Waals surface area contributed by atoms with Gasteiger partial charge in [0.05, 0.1) is 56.9 Å². The number of fused-ring (bicyclic) bond motifs is 7. The molecule has 5 saturated carbocycles. The third-order valence-corrected chi connectivity index (χ3v) is 22.7. The highest BCUT2D eigenvalue weighted by Gasteiger charge is 2.75. The molecule has 0 spiro atoms. The van der Waals surface area contributed by atoms with Crippen molar-refractivity contribution in [2.45, 2.75) is 260 Å². The molecule has 0 radical (unpaired) electrons. The molecule has 0 aromatic rings. The maximum atomic E-state index is 13.1. The van der Waals surface area contributed by atoms with Crippen molar-refractivity contribution in [3.05, 3.63) is 0 Å². The second-order valence-corrected chi connectivity index (χ2v) is 28.0. The fourth-order valence-corrected chi connectivity index (χ4v) is 18.6. The van der Waals surface area contributed by atoms with Gasteiger partial charge in [0.1, 0.15) is 97.7 Å². The van der Waals surface area contributed by atoms with Gasteiger partial charge in [0.25, 0.3) is 0 Å². The Hall–Kier alpha value is -1.00. The molecule has 0 bridgehead atoms. The molecule has 5 aliphatic carbocycles. The molecule has 15 N–H and O–H groups in total. The number of rotatable bonds is 12. The lowest BCUT2D eigenvalue weighted by molar-refractivity contribution is -0.386. The van der Waals surface area contributed by atoms with Crippen molar-refractivity contribution in [2.75, 3.05) is 33.0 Å². The summed E-state index contributed by atoms with van der Waals surface area (Å²) in [5.74, 6) is -0.619. The molecule has 33 atom stereocenters. The zero-order chi connectivity index (χ0) is 59.0. The number of hydrogen-bond acceptors (Lipinski definition) is 25. The minimum absolute atomic E-state index is 0.0457. The van der Waals surface area contributed by atoms with Gasteiger partial charge in [-0.3, -0.25) is 0 Å². The minimum atomic E-state index is -1.89. The van der Waals surface area contributed by atoms with Gasteiger partial charge in [-0.15, -0.1) is 0 Å². The summed E-state index contributed by atoms with van der Waals surface area (Å²) in [7, 11) is 0. The van der Waals surface area contributed by atoms with E-state index in [1.165, 1.54) is 0 Å². The highest BCUT2D eigenvalue weighted by molar-refractivity contribution is 5.23. The Bertz CT molecular complexity index is 2160. The van der Waals surface area contributed by atoms with Gasteiger partial charge >= 0.3 is 0 Å². The smallest absolute Gasteiger partial charge is 0.187 e. The van der Waals surface area contributed by atoms with Crippen LogP contribution in [-0.4, -0.2) is 263 Å². The quantitative estimate of drug-likeness (QED) is 0.0858. The Labute approximate surface area is 472 Å². The highest BCUT2D eigenvalue weighted by atomic mass is 16.8. The SMILES string of the molecule is CC(C)(O)[C@H]1CC[C@@]2(C)[C@H]1[C@@H](O[C@@H]1OC[C@H](O)[C@H](O[C@@H]3OC[C@@H](O)[C@H](O)[C@H]3O)[C@H]1O)C[C@]1(C)[C@@H]2CC[C@@H]2[C@@]3(C)CC[C@H](O[C@@H]4OC[C@H](O)[C@H](O[C@@H]5OC[C@@H](O)[C@H](O)[C@H]5O)[C@H]4O[C@@H]4O[C@H](CO)[C@@H](O)[C@H](O)[C@H]4O)C(C)(C)[C@@H]3[C@@H](O)C[C@]21C. The van der Waals surface area contributed by atoms with Gasteiger partial charge < -0.3 is 124 Å². The minimum Gasteiger partial charge on any atom is -0.394 e. The lowest BCUT2D eigenvalue weighted by atomic mass is 9.31. The van der Waals surface area contributed by atoms with Crippen LogP contribution in [0, 0.1) is 56.7 Å². The summed E-state index contributed by atoms with van der Waals surface area (Å²) >= 11 is 0. The van der Waals surface area contributed by atoms with Crippen LogP contribution in [-0.2, 0) is 47.4 Å². The van der Waals surface area contributed by atoms with Gasteiger partial charge in [-0.05, 0) is 122 Å². The van der Waals surface area contributed by atoms with Crippen molar-refractivity contribution < 1.29 is 124 Å². The number of hydrogen-bond donors (Lipinski definition) is 15. The van der Waals surface area contributed by atoms with Crippen LogP contribution in [0.4, 0.5) is 0 Å².